The van der Waals surface area contributed by atoms with Crippen LogP contribution in [-0.4, -0.2) is 34.1 Å². The zero-order valence-corrected chi connectivity index (χ0v) is 17.2. The van der Waals surface area contributed by atoms with E-state index in [0.29, 0.717) is 6.07 Å². The number of benzene rings is 2. The van der Waals surface area contributed by atoms with E-state index >= 15 is 0 Å². The molecule has 2 unspecified atom stereocenters. The van der Waals surface area contributed by atoms with Crippen LogP contribution in [0.25, 0.3) is 0 Å². The lowest BCUT2D eigenvalue weighted by molar-refractivity contribution is 0.0686. The molecule has 0 radical (unpaired) electrons. The Morgan fingerprint density at radius 2 is 1.83 bits per heavy atom. The second-order valence-corrected chi connectivity index (χ2v) is 8.38. The first-order valence-corrected chi connectivity index (χ1v) is 9.86. The van der Waals surface area contributed by atoms with E-state index < -0.39 is 38.3 Å². The lowest BCUT2D eigenvalue weighted by Gasteiger charge is -2.36. The minimum absolute atomic E-state index is 0. The van der Waals surface area contributed by atoms with Crippen molar-refractivity contribution >= 4 is 22.2 Å². The Labute approximate surface area is 173 Å². The average Bonchev–Trinajstić information content (AvgIpc) is 3.01. The van der Waals surface area contributed by atoms with Gasteiger partial charge in [-0.25, -0.2) is 21.6 Å². The van der Waals surface area contributed by atoms with E-state index in [-0.39, 0.29) is 35.0 Å². The van der Waals surface area contributed by atoms with Crippen LogP contribution in [0.1, 0.15) is 11.6 Å². The highest BCUT2D eigenvalue weighted by Gasteiger charge is 2.58. The molecule has 1 aliphatic rings. The Balaban J connectivity index is 0.00000300. The third-order valence-electron chi connectivity index (χ3n) is 4.70. The number of hydrogen-bond donors (Lipinski definition) is 2. The van der Waals surface area contributed by atoms with Gasteiger partial charge in [0.05, 0.1) is 4.90 Å². The molecular weight excluding hydrogens is 429 g/mol. The standard InChI is InChI=1S/C19H19F3N2O3S.ClH/c1-23-10-12-11-24-18(16-7-6-14(21)9-17(16)22)19(12,27-2)28(25,26)15-5-3-4-13(20)8-15;/h3-9,11,18,23-24H,10H2,1-2H3;1H. The maximum absolute atomic E-state index is 14.5. The molecule has 0 fully saturated rings. The Hall–Kier alpha value is -2.07. The quantitative estimate of drug-likeness (QED) is 0.711. The van der Waals surface area contributed by atoms with Crippen molar-refractivity contribution in [1.29, 1.82) is 0 Å². The Morgan fingerprint density at radius 1 is 1.14 bits per heavy atom. The lowest BCUT2D eigenvalue weighted by Crippen LogP contribution is -2.49. The molecule has 2 N–H and O–H groups in total. The third kappa shape index (κ3) is 3.75. The van der Waals surface area contributed by atoms with Gasteiger partial charge in [-0.3, -0.25) is 0 Å². The number of hydrogen-bond acceptors (Lipinski definition) is 5. The summed E-state index contributed by atoms with van der Waals surface area (Å²) in [5, 5.41) is 5.69. The fourth-order valence-electron chi connectivity index (χ4n) is 3.47. The molecule has 1 aliphatic heterocycles. The summed E-state index contributed by atoms with van der Waals surface area (Å²) < 4.78 is 74.3. The molecule has 0 spiro atoms. The summed E-state index contributed by atoms with van der Waals surface area (Å²) in [5.74, 6) is -2.45. The second-order valence-electron chi connectivity index (χ2n) is 6.30. The van der Waals surface area contributed by atoms with Crippen LogP contribution in [-0.2, 0) is 14.6 Å². The summed E-state index contributed by atoms with van der Waals surface area (Å²) in [4.78, 5) is -2.38. The van der Waals surface area contributed by atoms with Gasteiger partial charge >= 0.3 is 0 Å². The molecule has 10 heteroatoms. The van der Waals surface area contributed by atoms with Gasteiger partial charge in [-0.05, 0) is 31.3 Å². The fraction of sp³-hybridized carbons (Fsp3) is 0.263. The van der Waals surface area contributed by atoms with Crippen LogP contribution in [0.5, 0.6) is 0 Å². The van der Waals surface area contributed by atoms with Crippen molar-refractivity contribution in [2.45, 2.75) is 15.9 Å². The highest BCUT2D eigenvalue weighted by Crippen LogP contribution is 2.46. The van der Waals surface area contributed by atoms with Gasteiger partial charge in [0.25, 0.3) is 0 Å². The van der Waals surface area contributed by atoms with Gasteiger partial charge in [0.2, 0.25) is 14.8 Å². The molecule has 1 heterocycles. The maximum Gasteiger partial charge on any atom is 0.222 e. The summed E-state index contributed by atoms with van der Waals surface area (Å²) in [6.45, 7) is 0.106. The molecule has 0 saturated heterocycles. The van der Waals surface area contributed by atoms with Crippen LogP contribution in [0.15, 0.2) is 59.1 Å². The summed E-state index contributed by atoms with van der Waals surface area (Å²) in [6.07, 6.45) is 1.42. The summed E-state index contributed by atoms with van der Waals surface area (Å²) >= 11 is 0. The number of rotatable bonds is 6. The van der Waals surface area contributed by atoms with E-state index in [0.717, 1.165) is 24.3 Å². The largest absolute Gasteiger partial charge is 0.380 e. The first kappa shape index (κ1) is 23.2. The molecule has 158 valence electrons. The fourth-order valence-corrected chi connectivity index (χ4v) is 5.55. The molecule has 0 aromatic heterocycles. The first-order chi connectivity index (χ1) is 13.3. The van der Waals surface area contributed by atoms with Gasteiger partial charge in [-0.1, -0.05) is 12.1 Å². The predicted molar refractivity (Wildman–Crippen MR) is 105 cm³/mol. The Bertz CT molecular complexity index is 1030. The number of nitrogens with one attached hydrogen (secondary N) is 2. The van der Waals surface area contributed by atoms with Gasteiger partial charge in [0, 0.05) is 37.1 Å². The van der Waals surface area contributed by atoms with Crippen molar-refractivity contribution in [3.05, 3.63) is 77.3 Å². The predicted octanol–water partition coefficient (Wildman–Crippen LogP) is 3.09. The number of ether oxygens (including phenoxy) is 1. The van der Waals surface area contributed by atoms with Gasteiger partial charge in [-0.2, -0.15) is 0 Å². The maximum atomic E-state index is 14.5. The van der Waals surface area contributed by atoms with E-state index in [9.17, 15) is 21.6 Å². The average molecular weight is 449 g/mol. The van der Waals surface area contributed by atoms with Gasteiger partial charge < -0.3 is 15.4 Å². The van der Waals surface area contributed by atoms with Crippen LogP contribution < -0.4 is 10.6 Å². The van der Waals surface area contributed by atoms with Crippen LogP contribution in [0.3, 0.4) is 0 Å². The van der Waals surface area contributed by atoms with Crippen molar-refractivity contribution in [2.24, 2.45) is 0 Å². The Morgan fingerprint density at radius 3 is 2.41 bits per heavy atom. The molecule has 2 aromatic carbocycles. The van der Waals surface area contributed by atoms with E-state index in [2.05, 4.69) is 10.6 Å². The molecular formula is C19H20ClF3N2O3S. The van der Waals surface area contributed by atoms with Crippen molar-refractivity contribution in [2.75, 3.05) is 20.7 Å². The van der Waals surface area contributed by atoms with Crippen molar-refractivity contribution in [1.82, 2.24) is 10.6 Å². The van der Waals surface area contributed by atoms with Gasteiger partial charge in [-0.15, -0.1) is 12.4 Å². The summed E-state index contributed by atoms with van der Waals surface area (Å²) in [5.41, 5.74) is 0.182. The smallest absolute Gasteiger partial charge is 0.222 e. The number of methoxy groups -OCH3 is 1. The zero-order chi connectivity index (χ0) is 20.5. The topological polar surface area (TPSA) is 67.4 Å². The minimum atomic E-state index is -4.36. The molecule has 2 aromatic rings. The highest BCUT2D eigenvalue weighted by molar-refractivity contribution is 7.93. The molecule has 0 aliphatic carbocycles. The normalized spacial score (nSPS) is 21.3. The molecule has 0 amide bonds. The van der Waals surface area contributed by atoms with Crippen LogP contribution in [0.4, 0.5) is 13.2 Å². The molecule has 0 bridgehead atoms. The lowest BCUT2D eigenvalue weighted by atomic mass is 9.97. The minimum Gasteiger partial charge on any atom is -0.380 e. The number of sulfone groups is 1. The van der Waals surface area contributed by atoms with Crippen molar-refractivity contribution < 1.29 is 26.3 Å². The van der Waals surface area contributed by atoms with E-state index in [1.807, 2.05) is 0 Å². The van der Waals surface area contributed by atoms with Crippen molar-refractivity contribution in [3.63, 3.8) is 0 Å². The van der Waals surface area contributed by atoms with Crippen LogP contribution in [0, 0.1) is 17.5 Å². The highest BCUT2D eigenvalue weighted by atomic mass is 35.5. The molecule has 3 rings (SSSR count). The molecule has 2 atom stereocenters. The zero-order valence-electron chi connectivity index (χ0n) is 15.6. The van der Waals surface area contributed by atoms with Crippen molar-refractivity contribution in [3.8, 4) is 0 Å². The van der Waals surface area contributed by atoms with E-state index in [4.69, 9.17) is 4.74 Å². The molecule has 5 nitrogen and oxygen atoms in total. The Kier molecular flexibility index (Phi) is 7.00. The van der Waals surface area contributed by atoms with Gasteiger partial charge in [0.15, 0.2) is 0 Å². The summed E-state index contributed by atoms with van der Waals surface area (Å²) in [7, 11) is -1.57. The van der Waals surface area contributed by atoms with E-state index in [1.54, 1.807) is 7.05 Å². The molecule has 29 heavy (non-hydrogen) atoms. The second kappa shape index (κ2) is 8.74. The SMILES string of the molecule is CNCC1=CNC(c2ccc(F)cc2F)C1(OC)S(=O)(=O)c1cccc(F)c1.Cl. The number of halogens is 4. The van der Waals surface area contributed by atoms with E-state index in [1.165, 1.54) is 25.4 Å². The first-order valence-electron chi connectivity index (χ1n) is 8.38. The monoisotopic (exact) mass is 448 g/mol. The summed E-state index contributed by atoms with van der Waals surface area (Å²) in [6, 6.07) is 6.15. The van der Waals surface area contributed by atoms with Crippen LogP contribution >= 0.6 is 12.4 Å². The molecule has 0 saturated carbocycles. The third-order valence-corrected chi connectivity index (χ3v) is 7.04. The number of likely N-dealkylation sites (N-methyl/N-ethyl adjacent to an activating group) is 1. The van der Waals surface area contributed by atoms with Gasteiger partial charge in [0.1, 0.15) is 23.5 Å². The van der Waals surface area contributed by atoms with Crippen LogP contribution in [0.2, 0.25) is 0 Å².